The van der Waals surface area contributed by atoms with Crippen LogP contribution in [-0.4, -0.2) is 29.3 Å². The molecule has 0 unspecified atom stereocenters. The second kappa shape index (κ2) is 5.56. The van der Waals surface area contributed by atoms with E-state index in [0.29, 0.717) is 0 Å². The van der Waals surface area contributed by atoms with Crippen LogP contribution in [0.4, 0.5) is 4.79 Å². The number of aliphatic carboxylic acids is 1. The van der Waals surface area contributed by atoms with Crippen molar-refractivity contribution in [2.75, 3.05) is 0 Å². The molecule has 5 heteroatoms. The highest BCUT2D eigenvalue weighted by atomic mass is 16.5. The molecular weight excluding hydrogens is 219 g/mol. The van der Waals surface area contributed by atoms with Crippen molar-refractivity contribution in [2.45, 2.75) is 58.3 Å². The van der Waals surface area contributed by atoms with Gasteiger partial charge in [-0.15, -0.1) is 0 Å². The molecule has 0 aromatic carbocycles. The summed E-state index contributed by atoms with van der Waals surface area (Å²) in [6, 6.07) is 0. The van der Waals surface area contributed by atoms with E-state index in [2.05, 4.69) is 0 Å². The maximum absolute atomic E-state index is 11.8. The van der Waals surface area contributed by atoms with Gasteiger partial charge >= 0.3 is 5.97 Å². The number of carbonyl (C=O) groups is 2. The van der Waals surface area contributed by atoms with Crippen molar-refractivity contribution in [3.8, 4) is 0 Å². The van der Waals surface area contributed by atoms with Crippen LogP contribution in [0.25, 0.3) is 0 Å². The summed E-state index contributed by atoms with van der Waals surface area (Å²) in [4.78, 5) is 22.4. The average molecular weight is 240 g/mol. The fourth-order valence-corrected chi connectivity index (χ4v) is 2.23. The van der Waals surface area contributed by atoms with Crippen molar-refractivity contribution in [3.63, 3.8) is 0 Å². The molecule has 1 rings (SSSR count). The predicted octanol–water partition coefficient (Wildman–Crippen LogP) is 2.88. The first kappa shape index (κ1) is 14.1. The lowest BCUT2D eigenvalue weighted by Crippen LogP contribution is -2.36. The Morgan fingerprint density at radius 2 is 1.82 bits per heavy atom. The van der Waals surface area contributed by atoms with E-state index in [-0.39, 0.29) is 24.9 Å². The summed E-state index contributed by atoms with van der Waals surface area (Å²) in [5.41, 5.74) is -0.436. The summed E-state index contributed by atoms with van der Waals surface area (Å²) in [5, 5.41) is 8.70. The van der Waals surface area contributed by atoms with Crippen LogP contribution in [0.5, 0.6) is 0 Å². The number of carbonyl (C=O) groups excluding carboxylic acids is 1. The van der Waals surface area contributed by atoms with Crippen LogP contribution >= 0.6 is 0 Å². The summed E-state index contributed by atoms with van der Waals surface area (Å²) >= 11 is 0. The summed E-state index contributed by atoms with van der Waals surface area (Å²) < 4.78 is 5.34. The van der Waals surface area contributed by atoms with Gasteiger partial charge in [-0.2, -0.15) is 0 Å². The number of rotatable bonds is 3. The Morgan fingerprint density at radius 3 is 2.24 bits per heavy atom. The lowest BCUT2D eigenvalue weighted by atomic mass is 9.40. The number of hydrogen-bond acceptors (Lipinski definition) is 3. The molecule has 0 spiro atoms. The number of ether oxygens (including phenoxy) is 1. The molecule has 1 heterocycles. The summed E-state index contributed by atoms with van der Waals surface area (Å²) in [6.45, 7) is 5.54. The normalized spacial score (nSPS) is 17.9. The van der Waals surface area contributed by atoms with Crippen molar-refractivity contribution < 1.29 is 19.4 Å². The quantitative estimate of drug-likeness (QED) is 0.770. The zero-order valence-electron chi connectivity index (χ0n) is 10.9. The number of carboxylic acids is 1. The Labute approximate surface area is 103 Å². The Morgan fingerprint density at radius 1 is 1.29 bits per heavy atom. The lowest BCUT2D eigenvalue weighted by molar-refractivity contribution is -0.138. The highest BCUT2D eigenvalue weighted by molar-refractivity contribution is 6.88. The molecule has 1 fully saturated rings. The first-order valence-electron chi connectivity index (χ1n) is 6.22. The minimum atomic E-state index is -0.745. The van der Waals surface area contributed by atoms with Gasteiger partial charge < -0.3 is 9.84 Å². The standard InChI is InChI=1S/C12H21BO4/c1-12(2,3)17-11(16)13-6-4-9(5-7-13)8-10(14)15/h9H,4-8H2,1-3H3,(H,14,15). The van der Waals surface area contributed by atoms with E-state index in [9.17, 15) is 9.59 Å². The second-order valence-electron chi connectivity index (χ2n) is 5.85. The lowest BCUT2D eigenvalue weighted by Gasteiger charge is -2.27. The van der Waals surface area contributed by atoms with E-state index in [4.69, 9.17) is 9.84 Å². The van der Waals surface area contributed by atoms with Gasteiger partial charge in [0.2, 0.25) is 0 Å². The van der Waals surface area contributed by atoms with Gasteiger partial charge in [0.15, 0.2) is 0 Å². The summed E-state index contributed by atoms with van der Waals surface area (Å²) in [6.07, 6.45) is 3.37. The molecule has 0 radical (unpaired) electrons. The minimum Gasteiger partial charge on any atom is -0.481 e. The first-order chi connectivity index (χ1) is 7.78. The molecule has 17 heavy (non-hydrogen) atoms. The van der Waals surface area contributed by atoms with Crippen LogP contribution in [0.3, 0.4) is 0 Å². The fraction of sp³-hybridized carbons (Fsp3) is 0.833. The van der Waals surface area contributed by atoms with Crippen molar-refractivity contribution in [1.82, 2.24) is 0 Å². The largest absolute Gasteiger partial charge is 0.481 e. The van der Waals surface area contributed by atoms with Gasteiger partial charge in [-0.3, -0.25) is 9.59 Å². The fourth-order valence-electron chi connectivity index (χ4n) is 2.23. The molecule has 1 aliphatic rings. The Kier molecular flexibility index (Phi) is 4.60. The van der Waals surface area contributed by atoms with Crippen molar-refractivity contribution >= 4 is 18.6 Å². The van der Waals surface area contributed by atoms with Crippen molar-refractivity contribution in [2.24, 2.45) is 5.92 Å². The van der Waals surface area contributed by atoms with Gasteiger partial charge in [0.25, 0.3) is 12.6 Å². The number of carboxylic acid groups (broad SMARTS) is 1. The molecular formula is C12H21BO4. The third-order valence-electron chi connectivity index (χ3n) is 3.05. The summed E-state index contributed by atoms with van der Waals surface area (Å²) in [5.74, 6) is -0.650. The van der Waals surface area contributed by atoms with Crippen molar-refractivity contribution in [1.29, 1.82) is 0 Å². The van der Waals surface area contributed by atoms with E-state index in [0.717, 1.165) is 25.5 Å². The molecule has 0 atom stereocenters. The average Bonchev–Trinajstić information content (AvgIpc) is 2.15. The second-order valence-corrected chi connectivity index (χ2v) is 5.85. The van der Waals surface area contributed by atoms with E-state index in [1.165, 1.54) is 0 Å². The van der Waals surface area contributed by atoms with Gasteiger partial charge in [0, 0.05) is 6.42 Å². The third kappa shape index (κ3) is 5.24. The molecule has 1 saturated heterocycles. The molecule has 1 N–H and O–H groups in total. The molecule has 0 saturated carbocycles. The third-order valence-corrected chi connectivity index (χ3v) is 3.05. The van der Waals surface area contributed by atoms with Crippen LogP contribution in [-0.2, 0) is 9.53 Å². The maximum Gasteiger partial charge on any atom is 0.303 e. The Hall–Kier alpha value is -0.995. The van der Waals surface area contributed by atoms with E-state index < -0.39 is 11.6 Å². The van der Waals surface area contributed by atoms with Crippen LogP contribution in [0, 0.1) is 5.92 Å². The zero-order valence-corrected chi connectivity index (χ0v) is 10.9. The first-order valence-corrected chi connectivity index (χ1v) is 6.22. The molecule has 0 amide bonds. The monoisotopic (exact) mass is 240 g/mol. The molecule has 0 bridgehead atoms. The van der Waals surface area contributed by atoms with Gasteiger partial charge in [-0.05, 0) is 26.7 Å². The highest BCUT2D eigenvalue weighted by Gasteiger charge is 2.33. The molecule has 4 nitrogen and oxygen atoms in total. The van der Waals surface area contributed by atoms with Crippen LogP contribution in [0.15, 0.2) is 0 Å². The smallest absolute Gasteiger partial charge is 0.303 e. The highest BCUT2D eigenvalue weighted by Crippen LogP contribution is 2.29. The van der Waals surface area contributed by atoms with Crippen molar-refractivity contribution in [3.05, 3.63) is 0 Å². The van der Waals surface area contributed by atoms with Crippen LogP contribution in [0.1, 0.15) is 40.0 Å². The maximum atomic E-state index is 11.8. The van der Waals surface area contributed by atoms with Gasteiger partial charge in [-0.25, -0.2) is 0 Å². The molecule has 96 valence electrons. The van der Waals surface area contributed by atoms with Crippen LogP contribution in [0.2, 0.25) is 12.6 Å². The topological polar surface area (TPSA) is 63.6 Å². The van der Waals surface area contributed by atoms with E-state index in [1.807, 2.05) is 20.8 Å². The Bertz CT molecular complexity index is 287. The SMILES string of the molecule is CC(C)(C)OC(=O)B1CCC(CC(=O)O)CC1. The molecule has 0 aromatic heterocycles. The zero-order chi connectivity index (χ0) is 13.1. The van der Waals surface area contributed by atoms with E-state index >= 15 is 0 Å². The molecule has 0 aliphatic carbocycles. The predicted molar refractivity (Wildman–Crippen MR) is 66.6 cm³/mol. The van der Waals surface area contributed by atoms with Gasteiger partial charge in [0.1, 0.15) is 5.60 Å². The minimum absolute atomic E-state index is 0.0423. The van der Waals surface area contributed by atoms with Gasteiger partial charge in [0.05, 0.1) is 0 Å². The van der Waals surface area contributed by atoms with E-state index in [1.54, 1.807) is 0 Å². The molecule has 1 aliphatic heterocycles. The number of hydrogen-bond donors (Lipinski definition) is 1. The summed E-state index contributed by atoms with van der Waals surface area (Å²) in [7, 11) is 0. The molecule has 0 aromatic rings. The van der Waals surface area contributed by atoms with Crippen LogP contribution < -0.4 is 0 Å². The Balaban J connectivity index is 2.36. The van der Waals surface area contributed by atoms with Gasteiger partial charge in [-0.1, -0.05) is 25.5 Å².